The number of carbonyl (C=O) groups is 1. The third kappa shape index (κ3) is 0.696. The third-order valence-corrected chi connectivity index (χ3v) is 10.1. The van der Waals surface area contributed by atoms with Gasteiger partial charge in [0.2, 0.25) is 0 Å². The largest absolute Gasteiger partial charge is 0.388 e. The van der Waals surface area contributed by atoms with Crippen LogP contribution in [0.15, 0.2) is 0 Å². The van der Waals surface area contributed by atoms with Crippen LogP contribution in [-0.2, 0) is 4.79 Å². The standard InChI is InChI=1S/C19H24O2/c20-16-11-13-14-10-9-5-1-2-8-18(14,16)19(9,21)15(11)12(10)17(13)6-3-4-7-17/h9-15,21H,1-8H2/t9-,10+,11+,12+,13+,14+,15+,18+,19+/m0/s1. The molecule has 8 aliphatic carbocycles. The summed E-state index contributed by atoms with van der Waals surface area (Å²) in [7, 11) is 0. The van der Waals surface area contributed by atoms with E-state index in [1.807, 2.05) is 0 Å². The van der Waals surface area contributed by atoms with Gasteiger partial charge in [-0.2, -0.15) is 0 Å². The van der Waals surface area contributed by atoms with Gasteiger partial charge in [0.25, 0.3) is 0 Å². The second-order valence-electron chi connectivity index (χ2n) is 9.66. The molecule has 2 heteroatoms. The first kappa shape index (κ1) is 11.2. The molecule has 0 aliphatic heterocycles. The topological polar surface area (TPSA) is 37.3 Å². The van der Waals surface area contributed by atoms with Crippen molar-refractivity contribution in [3.05, 3.63) is 0 Å². The van der Waals surface area contributed by atoms with Crippen molar-refractivity contribution in [3.8, 4) is 0 Å². The van der Waals surface area contributed by atoms with Gasteiger partial charge in [-0.05, 0) is 60.7 Å². The van der Waals surface area contributed by atoms with Crippen molar-refractivity contribution in [1.29, 1.82) is 0 Å². The number of Topliss-reactive ketones (excluding diaryl/α,β-unsaturated/α-hetero) is 1. The number of hydrogen-bond acceptors (Lipinski definition) is 2. The molecule has 0 amide bonds. The highest BCUT2D eigenvalue weighted by molar-refractivity contribution is 5.98. The van der Waals surface area contributed by atoms with Gasteiger partial charge < -0.3 is 5.11 Å². The highest BCUT2D eigenvalue weighted by atomic mass is 16.3. The molecule has 8 fully saturated rings. The first-order chi connectivity index (χ1) is 10.2. The van der Waals surface area contributed by atoms with E-state index in [0.717, 1.165) is 18.3 Å². The Labute approximate surface area is 125 Å². The fourth-order valence-electron chi connectivity index (χ4n) is 10.5. The molecule has 7 bridgehead atoms. The second kappa shape index (κ2) is 2.77. The Balaban J connectivity index is 1.58. The van der Waals surface area contributed by atoms with Gasteiger partial charge in [0.1, 0.15) is 5.78 Å². The van der Waals surface area contributed by atoms with E-state index in [0.29, 0.717) is 40.8 Å². The van der Waals surface area contributed by atoms with Gasteiger partial charge in [-0.15, -0.1) is 0 Å². The van der Waals surface area contributed by atoms with Crippen LogP contribution in [0.3, 0.4) is 0 Å². The summed E-state index contributed by atoms with van der Waals surface area (Å²) in [4.78, 5) is 13.4. The van der Waals surface area contributed by atoms with Gasteiger partial charge in [0, 0.05) is 11.8 Å². The fraction of sp³-hybridized carbons (Fsp3) is 0.947. The first-order valence-electron chi connectivity index (χ1n) is 9.46. The lowest BCUT2D eigenvalue weighted by Gasteiger charge is -2.46. The molecule has 2 spiro atoms. The Morgan fingerprint density at radius 1 is 0.905 bits per heavy atom. The molecule has 0 saturated heterocycles. The van der Waals surface area contributed by atoms with E-state index < -0.39 is 5.60 Å². The molecule has 0 aromatic heterocycles. The van der Waals surface area contributed by atoms with E-state index in [2.05, 4.69) is 0 Å². The van der Waals surface area contributed by atoms with Crippen molar-refractivity contribution in [3.63, 3.8) is 0 Å². The van der Waals surface area contributed by atoms with Crippen molar-refractivity contribution in [2.45, 2.75) is 57.0 Å². The highest BCUT2D eigenvalue weighted by Crippen LogP contribution is 2.95. The number of aliphatic hydroxyl groups is 1. The smallest absolute Gasteiger partial charge is 0.146 e. The number of hydrogen-bond donors (Lipinski definition) is 1. The molecule has 21 heavy (non-hydrogen) atoms. The molecule has 112 valence electrons. The molecule has 0 aromatic carbocycles. The SMILES string of the molecule is O=C1[C@@H]2[C@@H]3[C@H]4[C@H]5[C@H]([C@@H]2[C@]2(O)[C@H]5CCCC[C@]142)C31CCCC1. The van der Waals surface area contributed by atoms with E-state index >= 15 is 0 Å². The summed E-state index contributed by atoms with van der Waals surface area (Å²) in [5, 5.41) is 11.9. The van der Waals surface area contributed by atoms with E-state index in [1.165, 1.54) is 44.9 Å². The first-order valence-corrected chi connectivity index (χ1v) is 9.46. The fourth-order valence-corrected chi connectivity index (χ4v) is 10.5. The van der Waals surface area contributed by atoms with Crippen LogP contribution in [0.25, 0.3) is 0 Å². The van der Waals surface area contributed by atoms with Crippen molar-refractivity contribution >= 4 is 5.78 Å². The molecule has 0 unspecified atom stereocenters. The van der Waals surface area contributed by atoms with E-state index in [-0.39, 0.29) is 5.41 Å². The van der Waals surface area contributed by atoms with Gasteiger partial charge in [-0.25, -0.2) is 0 Å². The number of rotatable bonds is 0. The minimum atomic E-state index is -0.548. The zero-order valence-electron chi connectivity index (χ0n) is 12.6. The van der Waals surface area contributed by atoms with Gasteiger partial charge in [0.15, 0.2) is 0 Å². The van der Waals surface area contributed by atoms with Gasteiger partial charge in [-0.3, -0.25) is 4.79 Å². The van der Waals surface area contributed by atoms with Crippen LogP contribution >= 0.6 is 0 Å². The maximum Gasteiger partial charge on any atom is 0.146 e. The quantitative estimate of drug-likeness (QED) is 0.742. The molecule has 8 aliphatic rings. The lowest BCUT2D eigenvalue weighted by atomic mass is 9.60. The summed E-state index contributed by atoms with van der Waals surface area (Å²) >= 11 is 0. The molecule has 8 rings (SSSR count). The van der Waals surface area contributed by atoms with Crippen molar-refractivity contribution in [2.75, 3.05) is 0 Å². The third-order valence-electron chi connectivity index (χ3n) is 10.1. The normalized spacial score (nSPS) is 70.0. The maximum absolute atomic E-state index is 13.4. The molecular weight excluding hydrogens is 260 g/mol. The highest BCUT2D eigenvalue weighted by Gasteiger charge is 2.98. The summed E-state index contributed by atoms with van der Waals surface area (Å²) in [6.07, 6.45) is 10.2. The van der Waals surface area contributed by atoms with Crippen LogP contribution in [0.2, 0.25) is 0 Å². The monoisotopic (exact) mass is 284 g/mol. The molecule has 0 heterocycles. The molecule has 0 radical (unpaired) electrons. The number of carbonyl (C=O) groups excluding carboxylic acids is 1. The summed E-state index contributed by atoms with van der Waals surface area (Å²) in [5.74, 6) is 4.55. The van der Waals surface area contributed by atoms with Crippen LogP contribution in [-0.4, -0.2) is 16.5 Å². The summed E-state index contributed by atoms with van der Waals surface area (Å²) in [5.41, 5.74) is -0.291. The molecule has 1 N–H and O–H groups in total. The number of ketones is 1. The molecule has 8 saturated carbocycles. The van der Waals surface area contributed by atoms with E-state index in [9.17, 15) is 9.90 Å². The van der Waals surface area contributed by atoms with Crippen LogP contribution in [0.4, 0.5) is 0 Å². The summed E-state index contributed by atoms with van der Waals surface area (Å²) < 4.78 is 0. The van der Waals surface area contributed by atoms with E-state index in [1.54, 1.807) is 0 Å². The second-order valence-corrected chi connectivity index (χ2v) is 9.66. The van der Waals surface area contributed by atoms with Crippen molar-refractivity contribution < 1.29 is 9.90 Å². The van der Waals surface area contributed by atoms with Gasteiger partial charge in [0.05, 0.1) is 11.0 Å². The molecule has 9 atom stereocenters. The Morgan fingerprint density at radius 2 is 1.67 bits per heavy atom. The van der Waals surface area contributed by atoms with Crippen LogP contribution < -0.4 is 0 Å². The Bertz CT molecular complexity index is 605. The Hall–Kier alpha value is -0.370. The summed E-state index contributed by atoms with van der Waals surface area (Å²) in [6.45, 7) is 0. The van der Waals surface area contributed by atoms with Crippen LogP contribution in [0.5, 0.6) is 0 Å². The minimum absolute atomic E-state index is 0.249. The predicted octanol–water partition coefficient (Wildman–Crippen LogP) is 2.79. The zero-order chi connectivity index (χ0) is 13.8. The molecule has 2 nitrogen and oxygen atoms in total. The Morgan fingerprint density at radius 3 is 2.48 bits per heavy atom. The molecular formula is C19H24O2. The molecule has 0 aromatic rings. The van der Waals surface area contributed by atoms with Crippen molar-refractivity contribution in [1.82, 2.24) is 0 Å². The zero-order valence-corrected chi connectivity index (χ0v) is 12.6. The summed E-state index contributed by atoms with van der Waals surface area (Å²) in [6, 6.07) is 0. The Kier molecular flexibility index (Phi) is 1.48. The van der Waals surface area contributed by atoms with E-state index in [4.69, 9.17) is 0 Å². The minimum Gasteiger partial charge on any atom is -0.388 e. The van der Waals surface area contributed by atoms with Crippen molar-refractivity contribution in [2.24, 2.45) is 52.3 Å². The lowest BCUT2D eigenvalue weighted by Crippen LogP contribution is -2.53. The predicted molar refractivity (Wildman–Crippen MR) is 76.2 cm³/mol. The van der Waals surface area contributed by atoms with Gasteiger partial charge in [-0.1, -0.05) is 25.7 Å². The average molecular weight is 284 g/mol. The maximum atomic E-state index is 13.4. The van der Waals surface area contributed by atoms with Crippen LogP contribution in [0, 0.1) is 52.3 Å². The van der Waals surface area contributed by atoms with Gasteiger partial charge >= 0.3 is 0 Å². The van der Waals surface area contributed by atoms with Crippen LogP contribution in [0.1, 0.15) is 51.4 Å². The average Bonchev–Trinajstić information content (AvgIpc) is 3.20. The lowest BCUT2D eigenvalue weighted by molar-refractivity contribution is -0.145.